The Bertz CT molecular complexity index is 238. The topological polar surface area (TPSA) is 24.5 Å². The molecule has 3 heteroatoms. The lowest BCUT2D eigenvalue weighted by Gasteiger charge is -2.46. The van der Waals surface area contributed by atoms with Gasteiger partial charge in [-0.2, -0.15) is 0 Å². The molecular formula is C14H28N2O. The van der Waals surface area contributed by atoms with Gasteiger partial charge in [-0.3, -0.25) is 4.90 Å². The van der Waals surface area contributed by atoms with E-state index in [0.29, 0.717) is 17.7 Å². The van der Waals surface area contributed by atoms with Crippen molar-refractivity contribution in [3.8, 4) is 0 Å². The van der Waals surface area contributed by atoms with E-state index in [9.17, 15) is 0 Å². The standard InChI is InChI=1S/C14H28N2O/c1-4-17-13(3)10-16-11-14(7-5-6-8-14)15-9-12(16)2/h12-13,15H,4-11H2,1-3H3. The van der Waals surface area contributed by atoms with Gasteiger partial charge in [-0.05, 0) is 33.6 Å². The van der Waals surface area contributed by atoms with Crippen LogP contribution in [-0.4, -0.2) is 48.8 Å². The Balaban J connectivity index is 1.90. The summed E-state index contributed by atoms with van der Waals surface area (Å²) in [6.45, 7) is 10.9. The van der Waals surface area contributed by atoms with E-state index in [-0.39, 0.29) is 0 Å². The molecule has 1 saturated heterocycles. The molecule has 0 aromatic heterocycles. The summed E-state index contributed by atoms with van der Waals surface area (Å²) in [6.07, 6.45) is 5.88. The Morgan fingerprint density at radius 2 is 2.12 bits per heavy atom. The third-order valence-electron chi connectivity index (χ3n) is 4.41. The highest BCUT2D eigenvalue weighted by Gasteiger charge is 2.39. The number of hydrogen-bond donors (Lipinski definition) is 1. The second-order valence-corrected chi connectivity index (χ2v) is 5.91. The summed E-state index contributed by atoms with van der Waals surface area (Å²) >= 11 is 0. The molecule has 1 saturated carbocycles. The highest BCUT2D eigenvalue weighted by atomic mass is 16.5. The van der Waals surface area contributed by atoms with Gasteiger partial charge in [0.05, 0.1) is 6.10 Å². The fourth-order valence-corrected chi connectivity index (χ4v) is 3.39. The molecule has 1 N–H and O–H groups in total. The van der Waals surface area contributed by atoms with Crippen LogP contribution >= 0.6 is 0 Å². The minimum Gasteiger partial charge on any atom is -0.377 e. The molecule has 3 nitrogen and oxygen atoms in total. The zero-order valence-electron chi connectivity index (χ0n) is 11.7. The summed E-state index contributed by atoms with van der Waals surface area (Å²) in [7, 11) is 0. The van der Waals surface area contributed by atoms with E-state index < -0.39 is 0 Å². The Hall–Kier alpha value is -0.120. The zero-order chi connectivity index (χ0) is 12.3. The van der Waals surface area contributed by atoms with Gasteiger partial charge in [-0.25, -0.2) is 0 Å². The molecule has 1 heterocycles. The van der Waals surface area contributed by atoms with Gasteiger partial charge in [0.1, 0.15) is 0 Å². The molecule has 0 aromatic rings. The molecule has 2 atom stereocenters. The van der Waals surface area contributed by atoms with Crippen LogP contribution in [0.25, 0.3) is 0 Å². The van der Waals surface area contributed by atoms with Gasteiger partial charge in [-0.1, -0.05) is 12.8 Å². The maximum Gasteiger partial charge on any atom is 0.0673 e. The monoisotopic (exact) mass is 240 g/mol. The molecule has 0 amide bonds. The van der Waals surface area contributed by atoms with E-state index in [0.717, 1.165) is 19.7 Å². The van der Waals surface area contributed by atoms with E-state index in [1.165, 1.54) is 32.2 Å². The molecule has 0 aromatic carbocycles. The number of hydrogen-bond acceptors (Lipinski definition) is 3. The van der Waals surface area contributed by atoms with Crippen LogP contribution in [-0.2, 0) is 4.74 Å². The zero-order valence-corrected chi connectivity index (χ0v) is 11.7. The molecule has 17 heavy (non-hydrogen) atoms. The predicted molar refractivity (Wildman–Crippen MR) is 71.3 cm³/mol. The van der Waals surface area contributed by atoms with Crippen molar-refractivity contribution in [3.63, 3.8) is 0 Å². The number of nitrogens with one attached hydrogen (secondary N) is 1. The van der Waals surface area contributed by atoms with Crippen LogP contribution in [0.4, 0.5) is 0 Å². The van der Waals surface area contributed by atoms with Crippen molar-refractivity contribution in [2.45, 2.75) is 64.1 Å². The predicted octanol–water partition coefficient (Wildman–Crippen LogP) is 2.02. The van der Waals surface area contributed by atoms with Crippen LogP contribution in [0, 0.1) is 0 Å². The van der Waals surface area contributed by atoms with E-state index >= 15 is 0 Å². The largest absolute Gasteiger partial charge is 0.377 e. The fraction of sp³-hybridized carbons (Fsp3) is 1.00. The van der Waals surface area contributed by atoms with E-state index in [4.69, 9.17) is 4.74 Å². The Labute approximate surface area is 106 Å². The highest BCUT2D eigenvalue weighted by Crippen LogP contribution is 2.33. The average molecular weight is 240 g/mol. The van der Waals surface area contributed by atoms with Crippen molar-refractivity contribution in [2.24, 2.45) is 0 Å². The Kier molecular flexibility index (Phi) is 4.45. The summed E-state index contributed by atoms with van der Waals surface area (Å²) in [5, 5.41) is 3.80. The third kappa shape index (κ3) is 3.21. The van der Waals surface area contributed by atoms with Crippen LogP contribution in [0.2, 0.25) is 0 Å². The number of rotatable bonds is 4. The third-order valence-corrected chi connectivity index (χ3v) is 4.41. The molecule has 1 aliphatic carbocycles. The minimum absolute atomic E-state index is 0.360. The van der Waals surface area contributed by atoms with E-state index in [1.807, 2.05) is 0 Å². The maximum atomic E-state index is 5.68. The summed E-state index contributed by atoms with van der Waals surface area (Å²) in [4.78, 5) is 2.63. The van der Waals surface area contributed by atoms with E-state index in [1.54, 1.807) is 0 Å². The van der Waals surface area contributed by atoms with Gasteiger partial charge in [0.2, 0.25) is 0 Å². The quantitative estimate of drug-likeness (QED) is 0.813. The van der Waals surface area contributed by atoms with Crippen molar-refractivity contribution in [2.75, 3.05) is 26.2 Å². The normalized spacial score (nSPS) is 30.9. The van der Waals surface area contributed by atoms with Crippen LogP contribution < -0.4 is 5.32 Å². The van der Waals surface area contributed by atoms with Gasteiger partial charge >= 0.3 is 0 Å². The molecule has 2 aliphatic rings. The van der Waals surface area contributed by atoms with Crippen LogP contribution in [0.1, 0.15) is 46.5 Å². The minimum atomic E-state index is 0.360. The van der Waals surface area contributed by atoms with Crippen LogP contribution in [0.15, 0.2) is 0 Å². The van der Waals surface area contributed by atoms with Gasteiger partial charge in [0, 0.05) is 37.8 Å². The lowest BCUT2D eigenvalue weighted by atomic mass is 9.92. The van der Waals surface area contributed by atoms with Crippen molar-refractivity contribution in [1.29, 1.82) is 0 Å². The first-order valence-corrected chi connectivity index (χ1v) is 7.26. The summed E-state index contributed by atoms with van der Waals surface area (Å²) in [6, 6.07) is 0.643. The molecule has 2 rings (SSSR count). The van der Waals surface area contributed by atoms with Gasteiger partial charge in [0.25, 0.3) is 0 Å². The summed E-state index contributed by atoms with van der Waals surface area (Å²) in [5.41, 5.74) is 0.429. The summed E-state index contributed by atoms with van der Waals surface area (Å²) in [5.74, 6) is 0. The Morgan fingerprint density at radius 1 is 1.41 bits per heavy atom. The fourth-order valence-electron chi connectivity index (χ4n) is 3.39. The Morgan fingerprint density at radius 3 is 2.76 bits per heavy atom. The van der Waals surface area contributed by atoms with E-state index in [2.05, 4.69) is 31.0 Å². The molecule has 0 radical (unpaired) electrons. The van der Waals surface area contributed by atoms with Crippen LogP contribution in [0.5, 0.6) is 0 Å². The first kappa shape index (κ1) is 13.3. The lowest BCUT2D eigenvalue weighted by Crippen LogP contribution is -2.63. The molecule has 2 fully saturated rings. The second-order valence-electron chi connectivity index (χ2n) is 5.91. The lowest BCUT2D eigenvalue weighted by molar-refractivity contribution is 0.00955. The maximum absolute atomic E-state index is 5.68. The molecule has 100 valence electrons. The average Bonchev–Trinajstić information content (AvgIpc) is 2.73. The van der Waals surface area contributed by atoms with Crippen molar-refractivity contribution in [3.05, 3.63) is 0 Å². The first-order chi connectivity index (χ1) is 8.15. The van der Waals surface area contributed by atoms with Gasteiger partial charge in [-0.15, -0.1) is 0 Å². The second kappa shape index (κ2) is 5.68. The van der Waals surface area contributed by atoms with Gasteiger partial charge in [0.15, 0.2) is 0 Å². The number of piperazine rings is 1. The molecule has 2 unspecified atom stereocenters. The molecule has 1 spiro atoms. The van der Waals surface area contributed by atoms with Crippen molar-refractivity contribution >= 4 is 0 Å². The van der Waals surface area contributed by atoms with Crippen molar-refractivity contribution in [1.82, 2.24) is 10.2 Å². The van der Waals surface area contributed by atoms with Crippen LogP contribution in [0.3, 0.4) is 0 Å². The number of ether oxygens (including phenoxy) is 1. The first-order valence-electron chi connectivity index (χ1n) is 7.26. The van der Waals surface area contributed by atoms with Gasteiger partial charge < -0.3 is 10.1 Å². The molecule has 0 bridgehead atoms. The number of nitrogens with zero attached hydrogens (tertiary/aromatic N) is 1. The molecular weight excluding hydrogens is 212 g/mol. The SMILES string of the molecule is CCOC(C)CN1CC2(CCCC2)NCC1C. The smallest absolute Gasteiger partial charge is 0.0673 e. The molecule has 1 aliphatic heterocycles. The summed E-state index contributed by atoms with van der Waals surface area (Å²) < 4.78 is 5.68. The highest BCUT2D eigenvalue weighted by molar-refractivity contribution is 5.00. The van der Waals surface area contributed by atoms with Crippen molar-refractivity contribution < 1.29 is 4.74 Å².